The summed E-state index contributed by atoms with van der Waals surface area (Å²) in [6.45, 7) is 5.47. The second kappa shape index (κ2) is 9.12. The molecule has 0 aliphatic rings. The molecular formula is C17H26N2O5. The number of hydrogen-bond acceptors (Lipinski definition) is 4. The molecular weight excluding hydrogens is 312 g/mol. The van der Waals surface area contributed by atoms with Crippen LogP contribution >= 0.6 is 0 Å². The molecule has 0 saturated carbocycles. The van der Waals surface area contributed by atoms with Gasteiger partial charge in [0.15, 0.2) is 0 Å². The minimum Gasteiger partial charge on any atom is -0.465 e. The van der Waals surface area contributed by atoms with E-state index in [-0.39, 0.29) is 25.0 Å². The molecule has 4 N–H and O–H groups in total. The van der Waals surface area contributed by atoms with Crippen LogP contribution in [0.4, 0.5) is 9.59 Å². The summed E-state index contributed by atoms with van der Waals surface area (Å²) in [5, 5.41) is 23.4. The first-order valence-electron chi connectivity index (χ1n) is 7.80. The predicted octanol–water partition coefficient (Wildman–Crippen LogP) is 2.35. The smallest absolute Gasteiger partial charge is 0.407 e. The van der Waals surface area contributed by atoms with Gasteiger partial charge in [-0.05, 0) is 17.4 Å². The van der Waals surface area contributed by atoms with Gasteiger partial charge in [-0.1, -0.05) is 51.1 Å². The summed E-state index contributed by atoms with van der Waals surface area (Å²) >= 11 is 0. The molecule has 0 bridgehead atoms. The molecule has 7 nitrogen and oxygen atoms in total. The van der Waals surface area contributed by atoms with Crippen molar-refractivity contribution in [2.75, 3.05) is 6.61 Å². The summed E-state index contributed by atoms with van der Waals surface area (Å²) in [6, 6.07) is 8.20. The Morgan fingerprint density at radius 2 is 1.79 bits per heavy atom. The molecule has 0 fully saturated rings. The van der Waals surface area contributed by atoms with Gasteiger partial charge in [-0.2, -0.15) is 0 Å². The molecule has 0 spiro atoms. The summed E-state index contributed by atoms with van der Waals surface area (Å²) in [7, 11) is 0. The van der Waals surface area contributed by atoms with Crippen LogP contribution in [0, 0.1) is 5.41 Å². The lowest BCUT2D eigenvalue weighted by atomic mass is 9.83. The van der Waals surface area contributed by atoms with Crippen LogP contribution in [0.25, 0.3) is 0 Å². The van der Waals surface area contributed by atoms with Crippen LogP contribution in [-0.2, 0) is 11.3 Å². The van der Waals surface area contributed by atoms with E-state index in [0.29, 0.717) is 0 Å². The molecule has 1 rings (SSSR count). The number of nitrogens with one attached hydrogen (secondary N) is 2. The SMILES string of the molecule is CC(C)(C)C(C[C@H](CO)NC(=O)OCc1ccccc1)NC(=O)O. The minimum absolute atomic E-state index is 0.126. The highest BCUT2D eigenvalue weighted by molar-refractivity contribution is 5.67. The molecule has 7 heteroatoms. The molecule has 24 heavy (non-hydrogen) atoms. The van der Waals surface area contributed by atoms with E-state index in [1.807, 2.05) is 51.1 Å². The summed E-state index contributed by atoms with van der Waals surface area (Å²) in [6.07, 6.45) is -1.54. The van der Waals surface area contributed by atoms with Gasteiger partial charge in [-0.3, -0.25) is 0 Å². The van der Waals surface area contributed by atoms with Crippen molar-refractivity contribution in [3.63, 3.8) is 0 Å². The molecule has 0 heterocycles. The molecule has 1 aromatic carbocycles. The van der Waals surface area contributed by atoms with Crippen LogP contribution in [0.15, 0.2) is 30.3 Å². The number of aliphatic hydroxyl groups excluding tert-OH is 1. The Labute approximate surface area is 142 Å². The maximum atomic E-state index is 11.9. The molecule has 0 saturated heterocycles. The largest absolute Gasteiger partial charge is 0.465 e. The zero-order chi connectivity index (χ0) is 18.2. The first kappa shape index (κ1) is 19.8. The van der Waals surface area contributed by atoms with Gasteiger partial charge in [-0.25, -0.2) is 9.59 Å². The third-order valence-electron chi connectivity index (χ3n) is 3.62. The van der Waals surface area contributed by atoms with E-state index in [1.54, 1.807) is 0 Å². The number of benzene rings is 1. The third kappa shape index (κ3) is 7.32. The highest BCUT2D eigenvalue weighted by Gasteiger charge is 2.29. The molecule has 0 aromatic heterocycles. The quantitative estimate of drug-likeness (QED) is 0.610. The third-order valence-corrected chi connectivity index (χ3v) is 3.62. The Morgan fingerprint density at radius 1 is 1.17 bits per heavy atom. The Hall–Kier alpha value is -2.28. The summed E-state index contributed by atoms with van der Waals surface area (Å²) in [4.78, 5) is 22.8. The molecule has 2 atom stereocenters. The fraction of sp³-hybridized carbons (Fsp3) is 0.529. The van der Waals surface area contributed by atoms with E-state index in [4.69, 9.17) is 9.84 Å². The van der Waals surface area contributed by atoms with Crippen LogP contribution in [-0.4, -0.2) is 41.1 Å². The summed E-state index contributed by atoms with van der Waals surface area (Å²) in [5.41, 5.74) is 0.495. The van der Waals surface area contributed by atoms with E-state index >= 15 is 0 Å². The van der Waals surface area contributed by atoms with Crippen LogP contribution in [0.3, 0.4) is 0 Å². The van der Waals surface area contributed by atoms with Gasteiger partial charge in [-0.15, -0.1) is 0 Å². The maximum absolute atomic E-state index is 11.9. The number of carbonyl (C=O) groups excluding carboxylic acids is 1. The molecule has 134 valence electrons. The van der Waals surface area contributed by atoms with E-state index in [2.05, 4.69) is 10.6 Å². The van der Waals surface area contributed by atoms with Crippen molar-refractivity contribution in [1.29, 1.82) is 0 Å². The zero-order valence-electron chi connectivity index (χ0n) is 14.3. The van der Waals surface area contributed by atoms with Gasteiger partial charge in [0.1, 0.15) is 6.61 Å². The summed E-state index contributed by atoms with van der Waals surface area (Å²) in [5.74, 6) is 0. The Balaban J connectivity index is 2.55. The maximum Gasteiger partial charge on any atom is 0.407 e. The Morgan fingerprint density at radius 3 is 2.29 bits per heavy atom. The van der Waals surface area contributed by atoms with Crippen LogP contribution in [0.1, 0.15) is 32.8 Å². The van der Waals surface area contributed by atoms with Crippen LogP contribution in [0.2, 0.25) is 0 Å². The number of hydrogen-bond donors (Lipinski definition) is 4. The average molecular weight is 338 g/mol. The standard InChI is InChI=1S/C17H26N2O5/c1-17(2,3)14(19-15(21)22)9-13(10-20)18-16(23)24-11-12-7-5-4-6-8-12/h4-8,13-14,19-20H,9-11H2,1-3H3,(H,18,23)(H,21,22)/t13-,14?/m1/s1. The first-order valence-corrected chi connectivity index (χ1v) is 7.80. The van der Waals surface area contributed by atoms with E-state index in [9.17, 15) is 14.7 Å². The lowest BCUT2D eigenvalue weighted by molar-refractivity contribution is 0.121. The van der Waals surface area contributed by atoms with Gasteiger partial charge in [0.05, 0.1) is 12.6 Å². The number of carbonyl (C=O) groups is 2. The van der Waals surface area contributed by atoms with Crippen molar-refractivity contribution in [2.24, 2.45) is 5.41 Å². The fourth-order valence-corrected chi connectivity index (χ4v) is 2.17. The van der Waals surface area contributed by atoms with E-state index < -0.39 is 24.3 Å². The number of carboxylic acid groups (broad SMARTS) is 1. The van der Waals surface area contributed by atoms with Gasteiger partial charge in [0.25, 0.3) is 0 Å². The highest BCUT2D eigenvalue weighted by Crippen LogP contribution is 2.23. The Kier molecular flexibility index (Phi) is 7.51. The van der Waals surface area contributed by atoms with Crippen LogP contribution < -0.4 is 10.6 Å². The predicted molar refractivity (Wildman–Crippen MR) is 89.7 cm³/mol. The molecule has 2 amide bonds. The first-order chi connectivity index (χ1) is 11.2. The zero-order valence-corrected chi connectivity index (χ0v) is 14.3. The number of alkyl carbamates (subject to hydrolysis) is 1. The van der Waals surface area contributed by atoms with Crippen molar-refractivity contribution >= 4 is 12.2 Å². The van der Waals surface area contributed by atoms with Crippen LogP contribution in [0.5, 0.6) is 0 Å². The van der Waals surface area contributed by atoms with Crippen molar-refractivity contribution in [3.8, 4) is 0 Å². The van der Waals surface area contributed by atoms with E-state index in [0.717, 1.165) is 5.56 Å². The highest BCUT2D eigenvalue weighted by atomic mass is 16.5. The lowest BCUT2D eigenvalue weighted by Gasteiger charge is -2.33. The number of ether oxygens (including phenoxy) is 1. The fourth-order valence-electron chi connectivity index (χ4n) is 2.17. The number of rotatable bonds is 7. The molecule has 0 aliphatic carbocycles. The van der Waals surface area contributed by atoms with Crippen molar-refractivity contribution in [1.82, 2.24) is 10.6 Å². The van der Waals surface area contributed by atoms with Gasteiger partial charge >= 0.3 is 12.2 Å². The second-order valence-electron chi connectivity index (χ2n) is 6.69. The molecule has 0 aliphatic heterocycles. The average Bonchev–Trinajstić information content (AvgIpc) is 2.51. The topological polar surface area (TPSA) is 108 Å². The normalized spacial score (nSPS) is 13.7. The molecule has 1 aromatic rings. The van der Waals surface area contributed by atoms with Gasteiger partial charge in [0, 0.05) is 6.04 Å². The molecule has 1 unspecified atom stereocenters. The molecule has 0 radical (unpaired) electrons. The second-order valence-corrected chi connectivity index (χ2v) is 6.69. The van der Waals surface area contributed by atoms with E-state index in [1.165, 1.54) is 0 Å². The van der Waals surface area contributed by atoms with Gasteiger partial charge in [0.2, 0.25) is 0 Å². The monoisotopic (exact) mass is 338 g/mol. The number of aliphatic hydroxyl groups is 1. The minimum atomic E-state index is -1.14. The van der Waals surface area contributed by atoms with Gasteiger partial charge < -0.3 is 25.6 Å². The summed E-state index contributed by atoms with van der Waals surface area (Å²) < 4.78 is 5.11. The lowest BCUT2D eigenvalue weighted by Crippen LogP contribution is -2.49. The Bertz CT molecular complexity index is 528. The van der Waals surface area contributed by atoms with Crippen molar-refractivity contribution < 1.29 is 24.5 Å². The van der Waals surface area contributed by atoms with Crippen molar-refractivity contribution in [2.45, 2.75) is 45.9 Å². The van der Waals surface area contributed by atoms with Crippen molar-refractivity contribution in [3.05, 3.63) is 35.9 Å². The number of amides is 2.